The summed E-state index contributed by atoms with van der Waals surface area (Å²) in [4.78, 5) is 2.33. The molecule has 1 unspecified atom stereocenters. The van der Waals surface area contributed by atoms with Crippen molar-refractivity contribution in [2.45, 2.75) is 26.5 Å². The van der Waals surface area contributed by atoms with Gasteiger partial charge in [0.15, 0.2) is 6.23 Å². The molecule has 1 saturated heterocycles. The van der Waals surface area contributed by atoms with Crippen LogP contribution in [0.4, 0.5) is 5.69 Å². The van der Waals surface area contributed by atoms with Crippen molar-refractivity contribution in [3.05, 3.63) is 78.1 Å². The van der Waals surface area contributed by atoms with Crippen molar-refractivity contribution in [1.29, 1.82) is 0 Å². The van der Waals surface area contributed by atoms with E-state index in [9.17, 15) is 0 Å². The zero-order valence-corrected chi connectivity index (χ0v) is 16.0. The van der Waals surface area contributed by atoms with Crippen LogP contribution in [-0.2, 0) is 11.2 Å². The first-order chi connectivity index (χ1) is 13.3. The molecule has 0 radical (unpaired) electrons. The fourth-order valence-corrected chi connectivity index (χ4v) is 3.59. The van der Waals surface area contributed by atoms with Gasteiger partial charge in [-0.25, -0.2) is 0 Å². The van der Waals surface area contributed by atoms with Crippen LogP contribution in [0.5, 0.6) is 5.75 Å². The van der Waals surface area contributed by atoms with Gasteiger partial charge in [-0.2, -0.15) is 0 Å². The Bertz CT molecular complexity index is 885. The Morgan fingerprint density at radius 2 is 1.85 bits per heavy atom. The summed E-state index contributed by atoms with van der Waals surface area (Å²) in [6.45, 7) is 6.47. The van der Waals surface area contributed by atoms with E-state index in [4.69, 9.17) is 9.47 Å². The average Bonchev–Trinajstić information content (AvgIpc) is 3.38. The number of benzene rings is 2. The molecule has 0 bridgehead atoms. The van der Waals surface area contributed by atoms with Gasteiger partial charge in [0, 0.05) is 30.2 Å². The molecule has 0 aliphatic carbocycles. The van der Waals surface area contributed by atoms with E-state index >= 15 is 0 Å². The Morgan fingerprint density at radius 3 is 2.63 bits per heavy atom. The molecular weight excluding hydrogens is 336 g/mol. The summed E-state index contributed by atoms with van der Waals surface area (Å²) in [6, 6.07) is 19.0. The maximum absolute atomic E-state index is 6.07. The van der Waals surface area contributed by atoms with Gasteiger partial charge in [0.2, 0.25) is 0 Å². The lowest BCUT2D eigenvalue weighted by molar-refractivity contribution is 0.114. The van der Waals surface area contributed by atoms with Crippen LogP contribution in [0.25, 0.3) is 5.69 Å². The highest BCUT2D eigenvalue weighted by Crippen LogP contribution is 2.33. The van der Waals surface area contributed by atoms with Crippen molar-refractivity contribution in [2.75, 3.05) is 24.7 Å². The fourth-order valence-electron chi connectivity index (χ4n) is 3.59. The number of ether oxygens (including phenoxy) is 2. The van der Waals surface area contributed by atoms with Gasteiger partial charge in [0.05, 0.1) is 18.9 Å². The van der Waals surface area contributed by atoms with Gasteiger partial charge in [0.25, 0.3) is 0 Å². The number of anilines is 1. The number of aryl methyl sites for hydroxylation is 1. The molecule has 0 amide bonds. The molecule has 27 heavy (non-hydrogen) atoms. The van der Waals surface area contributed by atoms with Gasteiger partial charge in [-0.1, -0.05) is 31.2 Å². The highest BCUT2D eigenvalue weighted by Gasteiger charge is 2.28. The van der Waals surface area contributed by atoms with Crippen molar-refractivity contribution in [2.24, 2.45) is 0 Å². The van der Waals surface area contributed by atoms with Crippen LogP contribution < -0.4 is 9.64 Å². The molecule has 2 aromatic carbocycles. The molecule has 4 heteroatoms. The van der Waals surface area contributed by atoms with E-state index < -0.39 is 0 Å². The molecule has 1 aliphatic heterocycles. The molecular formula is C23H26N2O2. The number of nitrogens with zero attached hydrogens (tertiary/aromatic N) is 2. The van der Waals surface area contributed by atoms with Crippen molar-refractivity contribution < 1.29 is 9.47 Å². The fraction of sp³-hybridized carbons (Fsp3) is 0.304. The van der Waals surface area contributed by atoms with E-state index in [2.05, 4.69) is 65.2 Å². The lowest BCUT2D eigenvalue weighted by atomic mass is 10.1. The zero-order valence-electron chi connectivity index (χ0n) is 16.0. The molecule has 0 N–H and O–H groups in total. The minimum Gasteiger partial charge on any atom is -0.492 e. The third kappa shape index (κ3) is 3.58. The Hall–Kier alpha value is -2.72. The van der Waals surface area contributed by atoms with Crippen LogP contribution in [0.3, 0.4) is 0 Å². The maximum Gasteiger partial charge on any atom is 0.158 e. The highest BCUT2D eigenvalue weighted by atomic mass is 16.5. The third-order valence-electron chi connectivity index (χ3n) is 5.01. The largest absolute Gasteiger partial charge is 0.492 e. The minimum atomic E-state index is -0.0574. The Balaban J connectivity index is 1.60. The third-order valence-corrected chi connectivity index (χ3v) is 5.01. The number of hydrogen-bond acceptors (Lipinski definition) is 3. The highest BCUT2D eigenvalue weighted by molar-refractivity contribution is 5.51. The second kappa shape index (κ2) is 7.89. The van der Waals surface area contributed by atoms with Gasteiger partial charge >= 0.3 is 0 Å². The predicted octanol–water partition coefficient (Wildman–Crippen LogP) is 4.97. The van der Waals surface area contributed by atoms with E-state index in [1.807, 2.05) is 25.1 Å². The van der Waals surface area contributed by atoms with Crippen LogP contribution in [-0.4, -0.2) is 24.3 Å². The van der Waals surface area contributed by atoms with E-state index in [-0.39, 0.29) is 6.23 Å². The summed E-state index contributed by atoms with van der Waals surface area (Å²) < 4.78 is 14.0. The van der Waals surface area contributed by atoms with Crippen molar-refractivity contribution in [3.63, 3.8) is 0 Å². The predicted molar refractivity (Wildman–Crippen MR) is 109 cm³/mol. The van der Waals surface area contributed by atoms with Crippen molar-refractivity contribution in [3.8, 4) is 11.4 Å². The first-order valence-electron chi connectivity index (χ1n) is 9.67. The molecule has 0 spiro atoms. The average molecular weight is 362 g/mol. The normalized spacial score (nSPS) is 16.7. The first-order valence-corrected chi connectivity index (χ1v) is 9.67. The molecule has 4 nitrogen and oxygen atoms in total. The summed E-state index contributed by atoms with van der Waals surface area (Å²) in [6.07, 6.45) is 5.22. The van der Waals surface area contributed by atoms with Crippen LogP contribution >= 0.6 is 0 Å². The van der Waals surface area contributed by atoms with Crippen LogP contribution in [0, 0.1) is 0 Å². The zero-order chi connectivity index (χ0) is 18.6. The standard InChI is InChI=1S/C23H26N2O2/c1-3-18-9-11-20(12-10-18)25-15-16-27-23(25)19-13-14-24(17-19)21-7-5-6-8-22(21)26-4-2/h5-14,17,23H,3-4,15-16H2,1-2H3. The Morgan fingerprint density at radius 1 is 1.04 bits per heavy atom. The van der Waals surface area contributed by atoms with Crippen LogP contribution in [0.1, 0.15) is 31.2 Å². The van der Waals surface area contributed by atoms with E-state index in [0.717, 1.165) is 36.6 Å². The smallest absolute Gasteiger partial charge is 0.158 e. The van der Waals surface area contributed by atoms with E-state index in [0.29, 0.717) is 6.61 Å². The van der Waals surface area contributed by atoms with Crippen molar-refractivity contribution >= 4 is 5.69 Å². The Labute approximate surface area is 161 Å². The molecule has 1 aliphatic rings. The van der Waals surface area contributed by atoms with Crippen molar-refractivity contribution in [1.82, 2.24) is 4.57 Å². The minimum absolute atomic E-state index is 0.0574. The lowest BCUT2D eigenvalue weighted by Gasteiger charge is -2.24. The SMILES string of the molecule is CCOc1ccccc1-n1ccc(C2OCCN2c2ccc(CC)cc2)c1. The van der Waals surface area contributed by atoms with Gasteiger partial charge in [0.1, 0.15) is 5.75 Å². The van der Waals surface area contributed by atoms with Crippen LogP contribution in [0.15, 0.2) is 67.0 Å². The summed E-state index contributed by atoms with van der Waals surface area (Å²) >= 11 is 0. The topological polar surface area (TPSA) is 26.6 Å². The molecule has 1 aromatic heterocycles. The number of para-hydroxylation sites is 2. The summed E-state index contributed by atoms with van der Waals surface area (Å²) in [5.41, 5.74) is 4.76. The molecule has 0 saturated carbocycles. The summed E-state index contributed by atoms with van der Waals surface area (Å²) in [5, 5.41) is 0. The first kappa shape index (κ1) is 17.7. The molecule has 3 aromatic rings. The van der Waals surface area contributed by atoms with Gasteiger partial charge in [-0.05, 0) is 49.2 Å². The second-order valence-corrected chi connectivity index (χ2v) is 6.69. The summed E-state index contributed by atoms with van der Waals surface area (Å²) in [7, 11) is 0. The summed E-state index contributed by atoms with van der Waals surface area (Å²) in [5.74, 6) is 0.890. The Kier molecular flexibility index (Phi) is 5.16. The lowest BCUT2D eigenvalue weighted by Crippen LogP contribution is -2.22. The molecule has 140 valence electrons. The molecule has 1 atom stereocenters. The molecule has 2 heterocycles. The van der Waals surface area contributed by atoms with Gasteiger partial charge in [-0.15, -0.1) is 0 Å². The van der Waals surface area contributed by atoms with E-state index in [1.54, 1.807) is 0 Å². The number of aromatic nitrogens is 1. The second-order valence-electron chi connectivity index (χ2n) is 6.69. The maximum atomic E-state index is 6.07. The number of rotatable bonds is 6. The van der Waals surface area contributed by atoms with Gasteiger partial charge < -0.3 is 18.9 Å². The van der Waals surface area contributed by atoms with Gasteiger partial charge in [-0.3, -0.25) is 0 Å². The monoisotopic (exact) mass is 362 g/mol. The quantitative estimate of drug-likeness (QED) is 0.619. The van der Waals surface area contributed by atoms with Crippen LogP contribution in [0.2, 0.25) is 0 Å². The van der Waals surface area contributed by atoms with E-state index in [1.165, 1.54) is 11.3 Å². The molecule has 4 rings (SSSR count). The molecule has 1 fully saturated rings. The number of hydrogen-bond donors (Lipinski definition) is 0.